The van der Waals surface area contributed by atoms with Crippen molar-refractivity contribution in [2.45, 2.75) is 13.3 Å². The van der Waals surface area contributed by atoms with Gasteiger partial charge in [-0.3, -0.25) is 4.79 Å². The Morgan fingerprint density at radius 1 is 1.25 bits per heavy atom. The lowest BCUT2D eigenvalue weighted by Gasteiger charge is -2.14. The Balaban J connectivity index is 2.53. The molecule has 1 unspecified atom stereocenters. The summed E-state index contributed by atoms with van der Waals surface area (Å²) in [5, 5.41) is 5.72. The molecule has 0 aliphatic heterocycles. The van der Waals surface area contributed by atoms with Gasteiger partial charge in [0.25, 0.3) is 0 Å². The monoisotopic (exact) mass is 280 g/mol. The third-order valence-electron chi connectivity index (χ3n) is 3.02. The van der Waals surface area contributed by atoms with Crippen LogP contribution in [0.4, 0.5) is 0 Å². The highest BCUT2D eigenvalue weighted by atomic mass is 16.5. The molecular weight excluding hydrogens is 256 g/mol. The van der Waals surface area contributed by atoms with Gasteiger partial charge in [-0.1, -0.05) is 13.0 Å². The summed E-state index contributed by atoms with van der Waals surface area (Å²) in [6.07, 6.45) is 0.875. The first-order valence-corrected chi connectivity index (χ1v) is 6.72. The van der Waals surface area contributed by atoms with Crippen LogP contribution in [0, 0.1) is 5.92 Å². The van der Waals surface area contributed by atoms with E-state index in [0.717, 1.165) is 23.5 Å². The molecule has 0 fully saturated rings. The maximum atomic E-state index is 11.4. The first-order chi connectivity index (χ1) is 9.60. The predicted molar refractivity (Wildman–Crippen MR) is 79.4 cm³/mol. The van der Waals surface area contributed by atoms with E-state index in [4.69, 9.17) is 9.47 Å². The lowest BCUT2D eigenvalue weighted by Crippen LogP contribution is -2.35. The van der Waals surface area contributed by atoms with E-state index in [9.17, 15) is 4.79 Å². The summed E-state index contributed by atoms with van der Waals surface area (Å²) >= 11 is 0. The molecule has 112 valence electrons. The van der Waals surface area contributed by atoms with Gasteiger partial charge in [-0.2, -0.15) is 0 Å². The van der Waals surface area contributed by atoms with Crippen molar-refractivity contribution in [1.29, 1.82) is 0 Å². The maximum Gasteiger partial charge on any atom is 0.233 e. The van der Waals surface area contributed by atoms with E-state index in [1.165, 1.54) is 0 Å². The van der Waals surface area contributed by atoms with Crippen LogP contribution in [0.3, 0.4) is 0 Å². The highest BCUT2D eigenvalue weighted by Gasteiger charge is 2.09. The molecular formula is C15H24N2O3. The van der Waals surface area contributed by atoms with E-state index >= 15 is 0 Å². The molecule has 2 N–H and O–H groups in total. The summed E-state index contributed by atoms with van der Waals surface area (Å²) in [6, 6.07) is 5.90. The second-order valence-corrected chi connectivity index (χ2v) is 4.83. The maximum absolute atomic E-state index is 11.4. The number of nitrogens with one attached hydrogen (secondary N) is 2. The zero-order chi connectivity index (χ0) is 15.0. The Morgan fingerprint density at radius 2 is 1.95 bits per heavy atom. The van der Waals surface area contributed by atoms with E-state index in [1.54, 1.807) is 21.3 Å². The lowest BCUT2D eigenvalue weighted by molar-refractivity contribution is -0.120. The van der Waals surface area contributed by atoms with Gasteiger partial charge in [-0.25, -0.2) is 0 Å². The van der Waals surface area contributed by atoms with Crippen LogP contribution < -0.4 is 20.1 Å². The fraction of sp³-hybridized carbons (Fsp3) is 0.533. The number of benzene rings is 1. The Kier molecular flexibility index (Phi) is 6.87. The summed E-state index contributed by atoms with van der Waals surface area (Å²) in [7, 11) is 5.01. The Morgan fingerprint density at radius 3 is 2.55 bits per heavy atom. The number of carbonyl (C=O) groups excluding carboxylic acids is 1. The van der Waals surface area contributed by atoms with Gasteiger partial charge in [0.05, 0.1) is 20.8 Å². The number of hydrogen-bond acceptors (Lipinski definition) is 4. The molecule has 0 heterocycles. The fourth-order valence-electron chi connectivity index (χ4n) is 1.99. The van der Waals surface area contributed by atoms with Crippen molar-refractivity contribution >= 4 is 5.91 Å². The Hall–Kier alpha value is -1.75. The minimum atomic E-state index is 0.0201. The smallest absolute Gasteiger partial charge is 0.233 e. The molecule has 5 nitrogen and oxygen atoms in total. The van der Waals surface area contributed by atoms with Crippen LogP contribution in [-0.4, -0.2) is 40.3 Å². The van der Waals surface area contributed by atoms with Gasteiger partial charge in [0.2, 0.25) is 5.91 Å². The molecule has 0 saturated heterocycles. The Labute approximate surface area is 120 Å². The van der Waals surface area contributed by atoms with Crippen LogP contribution in [0.2, 0.25) is 0 Å². The van der Waals surface area contributed by atoms with Crippen LogP contribution in [0.1, 0.15) is 12.5 Å². The number of likely N-dealkylation sites (N-methyl/N-ethyl adjacent to an activating group) is 1. The number of carbonyl (C=O) groups is 1. The average Bonchev–Trinajstić information content (AvgIpc) is 2.45. The summed E-state index contributed by atoms with van der Waals surface area (Å²) in [5.41, 5.74) is 1.16. The number of methoxy groups -OCH3 is 2. The minimum absolute atomic E-state index is 0.0201. The highest BCUT2D eigenvalue weighted by molar-refractivity contribution is 5.77. The zero-order valence-corrected chi connectivity index (χ0v) is 12.7. The molecule has 0 saturated carbocycles. The van der Waals surface area contributed by atoms with E-state index < -0.39 is 0 Å². The van der Waals surface area contributed by atoms with Crippen molar-refractivity contribution in [3.63, 3.8) is 0 Å². The molecule has 1 rings (SSSR count). The van der Waals surface area contributed by atoms with Crippen LogP contribution in [0.25, 0.3) is 0 Å². The molecule has 0 aliphatic rings. The predicted octanol–water partition coefficient (Wildman–Crippen LogP) is 1.22. The van der Waals surface area contributed by atoms with Crippen LogP contribution in [-0.2, 0) is 11.2 Å². The van der Waals surface area contributed by atoms with Gasteiger partial charge in [-0.05, 0) is 37.1 Å². The first kappa shape index (κ1) is 16.3. The van der Waals surface area contributed by atoms with E-state index in [0.29, 0.717) is 19.0 Å². The summed E-state index contributed by atoms with van der Waals surface area (Å²) in [4.78, 5) is 11.4. The highest BCUT2D eigenvalue weighted by Crippen LogP contribution is 2.28. The zero-order valence-electron chi connectivity index (χ0n) is 12.7. The van der Waals surface area contributed by atoms with Crippen molar-refractivity contribution in [2.75, 3.05) is 34.4 Å². The van der Waals surface area contributed by atoms with E-state index in [1.807, 2.05) is 18.2 Å². The van der Waals surface area contributed by atoms with Crippen molar-refractivity contribution in [3.8, 4) is 11.5 Å². The molecule has 0 aromatic heterocycles. The molecule has 1 amide bonds. The SMILES string of the molecule is CNCC(=O)NCC(C)Cc1ccc(OC)c(OC)c1. The van der Waals surface area contributed by atoms with Gasteiger partial charge in [0, 0.05) is 6.54 Å². The molecule has 0 aliphatic carbocycles. The standard InChI is InChI=1S/C15H24N2O3/c1-11(9-17-15(18)10-16-2)7-12-5-6-13(19-3)14(8-12)20-4/h5-6,8,11,16H,7,9-10H2,1-4H3,(H,17,18). The number of ether oxygens (including phenoxy) is 2. The van der Waals surface area contributed by atoms with Gasteiger partial charge in [0.15, 0.2) is 11.5 Å². The third kappa shape index (κ3) is 5.09. The Bertz CT molecular complexity index is 435. The lowest BCUT2D eigenvalue weighted by atomic mass is 10.0. The van der Waals surface area contributed by atoms with Gasteiger partial charge >= 0.3 is 0 Å². The topological polar surface area (TPSA) is 59.6 Å². The van der Waals surface area contributed by atoms with Crippen LogP contribution >= 0.6 is 0 Å². The van der Waals surface area contributed by atoms with Gasteiger partial charge in [-0.15, -0.1) is 0 Å². The normalized spacial score (nSPS) is 11.8. The van der Waals surface area contributed by atoms with Crippen molar-refractivity contribution < 1.29 is 14.3 Å². The minimum Gasteiger partial charge on any atom is -0.493 e. The summed E-state index contributed by atoms with van der Waals surface area (Å²) < 4.78 is 10.5. The van der Waals surface area contributed by atoms with E-state index in [-0.39, 0.29) is 5.91 Å². The van der Waals surface area contributed by atoms with Crippen molar-refractivity contribution in [2.24, 2.45) is 5.92 Å². The molecule has 1 aromatic rings. The van der Waals surface area contributed by atoms with Crippen molar-refractivity contribution in [1.82, 2.24) is 10.6 Å². The molecule has 20 heavy (non-hydrogen) atoms. The molecule has 1 atom stereocenters. The largest absolute Gasteiger partial charge is 0.493 e. The first-order valence-electron chi connectivity index (χ1n) is 6.72. The molecule has 0 bridgehead atoms. The molecule has 0 radical (unpaired) electrons. The quantitative estimate of drug-likeness (QED) is 0.751. The molecule has 0 spiro atoms. The van der Waals surface area contributed by atoms with Gasteiger partial charge < -0.3 is 20.1 Å². The third-order valence-corrected chi connectivity index (χ3v) is 3.02. The second-order valence-electron chi connectivity index (χ2n) is 4.83. The van der Waals surface area contributed by atoms with E-state index in [2.05, 4.69) is 17.6 Å². The number of rotatable bonds is 8. The summed E-state index contributed by atoms with van der Waals surface area (Å²) in [5.74, 6) is 1.84. The summed E-state index contributed by atoms with van der Waals surface area (Å²) in [6.45, 7) is 3.12. The number of amides is 1. The molecule has 1 aromatic carbocycles. The van der Waals surface area contributed by atoms with Crippen molar-refractivity contribution in [3.05, 3.63) is 23.8 Å². The second kappa shape index (κ2) is 8.43. The van der Waals surface area contributed by atoms with Crippen LogP contribution in [0.5, 0.6) is 11.5 Å². The average molecular weight is 280 g/mol. The fourth-order valence-corrected chi connectivity index (χ4v) is 1.99. The molecule has 5 heteroatoms. The van der Waals surface area contributed by atoms with Gasteiger partial charge in [0.1, 0.15) is 0 Å². The number of hydrogen-bond donors (Lipinski definition) is 2. The van der Waals surface area contributed by atoms with Crippen LogP contribution in [0.15, 0.2) is 18.2 Å².